The fourth-order valence-electron chi connectivity index (χ4n) is 3.27. The number of benzene rings is 1. The van der Waals surface area contributed by atoms with E-state index < -0.39 is 23.8 Å². The second-order valence-corrected chi connectivity index (χ2v) is 6.23. The topological polar surface area (TPSA) is 87.2 Å². The van der Waals surface area contributed by atoms with E-state index in [4.69, 9.17) is 9.84 Å². The smallest absolute Gasteiger partial charge is 0.306 e. The number of anilines is 1. The maximum absolute atomic E-state index is 13.9. The van der Waals surface area contributed by atoms with Crippen molar-refractivity contribution in [2.45, 2.75) is 18.9 Å². The standard InChI is InChI=1S/C17H19FN2O5/c18-13-3-1-2-4-14(13)20-9-11(7-15(20)21)17(24)19-5-6-25-12(10-19)8-16(22)23/h1-4,11-12H,5-10H2,(H,22,23). The monoisotopic (exact) mass is 350 g/mol. The van der Waals surface area contributed by atoms with Gasteiger partial charge in [-0.15, -0.1) is 0 Å². The van der Waals surface area contributed by atoms with Crippen molar-refractivity contribution in [3.8, 4) is 0 Å². The number of hydrogen-bond donors (Lipinski definition) is 1. The van der Waals surface area contributed by atoms with Crippen molar-refractivity contribution in [1.29, 1.82) is 0 Å². The summed E-state index contributed by atoms with van der Waals surface area (Å²) in [5.74, 6) is -2.56. The minimum Gasteiger partial charge on any atom is -0.481 e. The predicted octanol–water partition coefficient (Wildman–Crippen LogP) is 0.881. The largest absolute Gasteiger partial charge is 0.481 e. The maximum Gasteiger partial charge on any atom is 0.306 e. The summed E-state index contributed by atoms with van der Waals surface area (Å²) in [5, 5.41) is 8.85. The van der Waals surface area contributed by atoms with Crippen LogP contribution in [-0.4, -0.2) is 60.1 Å². The van der Waals surface area contributed by atoms with Crippen molar-refractivity contribution in [3.05, 3.63) is 30.1 Å². The van der Waals surface area contributed by atoms with Gasteiger partial charge in [0.15, 0.2) is 0 Å². The zero-order valence-corrected chi connectivity index (χ0v) is 13.6. The van der Waals surface area contributed by atoms with Gasteiger partial charge < -0.3 is 19.6 Å². The molecule has 2 atom stereocenters. The number of amides is 2. The molecule has 2 amide bonds. The maximum atomic E-state index is 13.9. The molecule has 2 aliphatic rings. The van der Waals surface area contributed by atoms with Crippen LogP contribution in [-0.2, 0) is 19.1 Å². The van der Waals surface area contributed by atoms with Gasteiger partial charge in [0.05, 0.1) is 30.7 Å². The lowest BCUT2D eigenvalue weighted by Crippen LogP contribution is -2.48. The number of morpholine rings is 1. The minimum absolute atomic E-state index is 0.0219. The van der Waals surface area contributed by atoms with Gasteiger partial charge in [-0.3, -0.25) is 14.4 Å². The number of para-hydroxylation sites is 1. The van der Waals surface area contributed by atoms with E-state index in [0.717, 1.165) is 0 Å². The second kappa shape index (κ2) is 7.18. The molecule has 3 rings (SSSR count). The Morgan fingerprint density at radius 1 is 1.28 bits per heavy atom. The van der Waals surface area contributed by atoms with Crippen LogP contribution in [0.2, 0.25) is 0 Å². The fourth-order valence-corrected chi connectivity index (χ4v) is 3.27. The predicted molar refractivity (Wildman–Crippen MR) is 85.4 cm³/mol. The number of carboxylic acids is 1. The highest BCUT2D eigenvalue weighted by molar-refractivity contribution is 6.00. The van der Waals surface area contributed by atoms with Gasteiger partial charge >= 0.3 is 5.97 Å². The number of carbonyl (C=O) groups is 3. The average Bonchev–Trinajstić information content (AvgIpc) is 2.96. The number of ether oxygens (including phenoxy) is 1. The van der Waals surface area contributed by atoms with Gasteiger partial charge in [-0.2, -0.15) is 0 Å². The van der Waals surface area contributed by atoms with Gasteiger partial charge in [0, 0.05) is 26.1 Å². The molecular weight excluding hydrogens is 331 g/mol. The third kappa shape index (κ3) is 3.79. The molecule has 0 spiro atoms. The molecule has 0 radical (unpaired) electrons. The summed E-state index contributed by atoms with van der Waals surface area (Å²) in [7, 11) is 0. The average molecular weight is 350 g/mol. The summed E-state index contributed by atoms with van der Waals surface area (Å²) in [4.78, 5) is 38.6. The summed E-state index contributed by atoms with van der Waals surface area (Å²) in [6, 6.07) is 5.96. The van der Waals surface area contributed by atoms with Crippen LogP contribution in [0.1, 0.15) is 12.8 Å². The van der Waals surface area contributed by atoms with E-state index in [1.165, 1.54) is 17.0 Å². The SMILES string of the molecule is O=C(O)CC1CN(C(=O)C2CC(=O)N(c3ccccc3F)C2)CCO1. The zero-order valence-electron chi connectivity index (χ0n) is 13.6. The summed E-state index contributed by atoms with van der Waals surface area (Å²) in [6.45, 7) is 0.940. The molecule has 8 heteroatoms. The molecule has 2 aliphatic heterocycles. The van der Waals surface area contributed by atoms with Gasteiger partial charge in [0.1, 0.15) is 5.82 Å². The number of rotatable bonds is 4. The third-order valence-electron chi connectivity index (χ3n) is 4.47. The highest BCUT2D eigenvalue weighted by atomic mass is 19.1. The quantitative estimate of drug-likeness (QED) is 0.871. The van der Waals surface area contributed by atoms with E-state index in [9.17, 15) is 18.8 Å². The molecule has 2 heterocycles. The Balaban J connectivity index is 1.66. The summed E-state index contributed by atoms with van der Waals surface area (Å²) in [5.41, 5.74) is 0.175. The number of hydrogen-bond acceptors (Lipinski definition) is 4. The van der Waals surface area contributed by atoms with Gasteiger partial charge in [0.25, 0.3) is 0 Å². The fraction of sp³-hybridized carbons (Fsp3) is 0.471. The van der Waals surface area contributed by atoms with Gasteiger partial charge in [-0.1, -0.05) is 12.1 Å². The summed E-state index contributed by atoms with van der Waals surface area (Å²) < 4.78 is 19.3. The molecular formula is C17H19FN2O5. The van der Waals surface area contributed by atoms with Crippen LogP contribution >= 0.6 is 0 Å². The Bertz CT molecular complexity index is 695. The molecule has 0 aliphatic carbocycles. The first kappa shape index (κ1) is 17.3. The number of halogens is 1. The Morgan fingerprint density at radius 3 is 2.76 bits per heavy atom. The van der Waals surface area contributed by atoms with Crippen LogP contribution in [0.5, 0.6) is 0 Å². The van der Waals surface area contributed by atoms with E-state index in [2.05, 4.69) is 0 Å². The molecule has 1 aromatic rings. The Hall–Kier alpha value is -2.48. The van der Waals surface area contributed by atoms with Crippen molar-refractivity contribution >= 4 is 23.5 Å². The number of carbonyl (C=O) groups excluding carboxylic acids is 2. The number of nitrogens with zero attached hydrogens (tertiary/aromatic N) is 2. The normalized spacial score (nSPS) is 23.8. The lowest BCUT2D eigenvalue weighted by Gasteiger charge is -2.33. The Kier molecular flexibility index (Phi) is 4.98. The number of carboxylic acid groups (broad SMARTS) is 1. The minimum atomic E-state index is -0.985. The van der Waals surface area contributed by atoms with Crippen LogP contribution in [0.4, 0.5) is 10.1 Å². The van der Waals surface area contributed by atoms with Crippen molar-refractivity contribution in [2.75, 3.05) is 31.1 Å². The first-order valence-electron chi connectivity index (χ1n) is 8.12. The highest BCUT2D eigenvalue weighted by Gasteiger charge is 2.39. The lowest BCUT2D eigenvalue weighted by atomic mass is 10.1. The molecule has 2 unspecified atom stereocenters. The zero-order chi connectivity index (χ0) is 18.0. The van der Waals surface area contributed by atoms with E-state index in [-0.39, 0.29) is 50.0 Å². The van der Waals surface area contributed by atoms with E-state index in [1.54, 1.807) is 17.0 Å². The Morgan fingerprint density at radius 2 is 2.04 bits per heavy atom. The van der Waals surface area contributed by atoms with Gasteiger partial charge in [0.2, 0.25) is 11.8 Å². The van der Waals surface area contributed by atoms with E-state index in [1.807, 2.05) is 0 Å². The van der Waals surface area contributed by atoms with E-state index >= 15 is 0 Å². The molecule has 1 N–H and O–H groups in total. The molecule has 1 aromatic carbocycles. The van der Waals surface area contributed by atoms with Crippen molar-refractivity contribution in [1.82, 2.24) is 4.90 Å². The molecule has 2 fully saturated rings. The number of aliphatic carboxylic acids is 1. The summed E-state index contributed by atoms with van der Waals surface area (Å²) in [6.07, 6.45) is -0.696. The van der Waals surface area contributed by atoms with Crippen LogP contribution < -0.4 is 4.90 Å². The highest BCUT2D eigenvalue weighted by Crippen LogP contribution is 2.28. The van der Waals surface area contributed by atoms with Crippen molar-refractivity contribution in [2.24, 2.45) is 5.92 Å². The molecule has 134 valence electrons. The van der Waals surface area contributed by atoms with Gasteiger partial charge in [-0.05, 0) is 12.1 Å². The molecule has 0 bridgehead atoms. The second-order valence-electron chi connectivity index (χ2n) is 6.23. The molecule has 0 saturated carbocycles. The van der Waals surface area contributed by atoms with Crippen LogP contribution in [0.15, 0.2) is 24.3 Å². The molecule has 2 saturated heterocycles. The first-order valence-corrected chi connectivity index (χ1v) is 8.12. The molecule has 7 nitrogen and oxygen atoms in total. The summed E-state index contributed by atoms with van der Waals surface area (Å²) >= 11 is 0. The van der Waals surface area contributed by atoms with Crippen LogP contribution in [0, 0.1) is 11.7 Å². The van der Waals surface area contributed by atoms with Crippen molar-refractivity contribution < 1.29 is 28.6 Å². The molecule has 25 heavy (non-hydrogen) atoms. The first-order chi connectivity index (χ1) is 12.0. The van der Waals surface area contributed by atoms with Gasteiger partial charge in [-0.25, -0.2) is 4.39 Å². The molecule has 0 aromatic heterocycles. The third-order valence-corrected chi connectivity index (χ3v) is 4.47. The van der Waals surface area contributed by atoms with Crippen LogP contribution in [0.25, 0.3) is 0 Å². The van der Waals surface area contributed by atoms with E-state index in [0.29, 0.717) is 6.54 Å². The van der Waals surface area contributed by atoms with Crippen molar-refractivity contribution in [3.63, 3.8) is 0 Å². The van der Waals surface area contributed by atoms with Crippen LogP contribution in [0.3, 0.4) is 0 Å². The Labute approximate surface area is 144 Å². The lowest BCUT2D eigenvalue weighted by molar-refractivity contribution is -0.149.